The summed E-state index contributed by atoms with van der Waals surface area (Å²) < 4.78 is 4.94. The van der Waals surface area contributed by atoms with Crippen LogP contribution in [0.3, 0.4) is 0 Å². The Morgan fingerprint density at radius 1 is 0.889 bits per heavy atom. The van der Waals surface area contributed by atoms with E-state index in [1.807, 2.05) is 0 Å². The van der Waals surface area contributed by atoms with Crippen LogP contribution in [0.4, 0.5) is 0 Å². The van der Waals surface area contributed by atoms with Crippen molar-refractivity contribution in [3.05, 3.63) is 0 Å². The van der Waals surface area contributed by atoms with Crippen molar-refractivity contribution in [2.45, 2.75) is 12.8 Å². The Balaban J connectivity index is -0.0000000312. The number of rotatable bonds is 0. The second kappa shape index (κ2) is 16.5. The van der Waals surface area contributed by atoms with Gasteiger partial charge < -0.3 is 4.74 Å². The fraction of sp³-hybridized carbons (Fsp3) is 1.00. The molecule has 1 heterocycles. The van der Waals surface area contributed by atoms with Crippen molar-refractivity contribution in [1.29, 1.82) is 0 Å². The van der Waals surface area contributed by atoms with Crippen LogP contribution in [-0.4, -0.2) is 55.1 Å². The maximum Gasteiger partial charge on any atom is 0.316 e. The zero-order chi connectivity index (χ0) is 3.54. The number of ether oxygens (including phenoxy) is 1. The standard InChI is InChI=1S/C4H8O.2ClH.Li.Mg.3H/c1-2-4-5-3-1;;;;;;;/h1-4H2;2*1H;;;;;. The molecule has 52 valence electrons. The molecule has 1 rings (SSSR count). The molecule has 0 atom stereocenters. The predicted molar refractivity (Wildman–Crippen MR) is 50.2 cm³/mol. The van der Waals surface area contributed by atoms with E-state index in [0.29, 0.717) is 0 Å². The van der Waals surface area contributed by atoms with Gasteiger partial charge in [-0.3, -0.25) is 0 Å². The van der Waals surface area contributed by atoms with Gasteiger partial charge in [0.25, 0.3) is 0 Å². The average Bonchev–Trinajstić information content (AvgIpc) is 1.76. The summed E-state index contributed by atoms with van der Waals surface area (Å²) in [7, 11) is 0. The monoisotopic (exact) mass is 178 g/mol. The van der Waals surface area contributed by atoms with Gasteiger partial charge in [0, 0.05) is 13.2 Å². The van der Waals surface area contributed by atoms with Crippen molar-refractivity contribution in [3.8, 4) is 0 Å². The largest absolute Gasteiger partial charge is 0.316 e. The molecule has 0 aromatic rings. The van der Waals surface area contributed by atoms with E-state index < -0.39 is 0 Å². The van der Waals surface area contributed by atoms with Crippen LogP contribution in [-0.2, 0) is 4.74 Å². The smallest absolute Gasteiger partial charge is 0.316 e. The van der Waals surface area contributed by atoms with E-state index in [1.165, 1.54) is 12.8 Å². The summed E-state index contributed by atoms with van der Waals surface area (Å²) in [6.45, 7) is 2.00. The quantitative estimate of drug-likeness (QED) is 0.478. The molecule has 9 heavy (non-hydrogen) atoms. The minimum absolute atomic E-state index is 0. The topological polar surface area (TPSA) is 9.23 Å². The van der Waals surface area contributed by atoms with Crippen LogP contribution in [0, 0.1) is 0 Å². The van der Waals surface area contributed by atoms with Crippen molar-refractivity contribution >= 4 is 66.7 Å². The van der Waals surface area contributed by atoms with Crippen LogP contribution in [0.15, 0.2) is 0 Å². The van der Waals surface area contributed by atoms with Crippen molar-refractivity contribution in [3.63, 3.8) is 0 Å². The van der Waals surface area contributed by atoms with Gasteiger partial charge in [-0.25, -0.2) is 0 Å². The van der Waals surface area contributed by atoms with Crippen LogP contribution in [0.5, 0.6) is 0 Å². The Bertz CT molecular complexity index is 30.1. The van der Waals surface area contributed by atoms with Crippen LogP contribution < -0.4 is 0 Å². The number of halogens is 2. The second-order valence-electron chi connectivity index (χ2n) is 1.32. The normalized spacial score (nSPS) is 13.3. The Morgan fingerprint density at radius 2 is 1.22 bits per heavy atom. The molecule has 1 fully saturated rings. The van der Waals surface area contributed by atoms with Crippen LogP contribution >= 0.6 is 24.8 Å². The third-order valence-corrected chi connectivity index (χ3v) is 0.827. The molecule has 0 unspecified atom stereocenters. The van der Waals surface area contributed by atoms with Crippen molar-refractivity contribution in [1.82, 2.24) is 0 Å². The molecular formula is C4H13Cl2LiMgO. The summed E-state index contributed by atoms with van der Waals surface area (Å²) in [5, 5.41) is 0. The summed E-state index contributed by atoms with van der Waals surface area (Å²) in [5.41, 5.74) is 0. The van der Waals surface area contributed by atoms with Crippen LogP contribution in [0.2, 0.25) is 0 Å². The van der Waals surface area contributed by atoms with Crippen molar-refractivity contribution in [2.24, 2.45) is 0 Å². The van der Waals surface area contributed by atoms with E-state index in [2.05, 4.69) is 0 Å². The minimum atomic E-state index is 0. The van der Waals surface area contributed by atoms with Gasteiger partial charge >= 0.3 is 41.9 Å². The van der Waals surface area contributed by atoms with Gasteiger partial charge in [0.15, 0.2) is 0 Å². The fourth-order valence-electron chi connectivity index (χ4n) is 0.510. The molecule has 0 spiro atoms. The molecule has 0 aromatic carbocycles. The van der Waals surface area contributed by atoms with E-state index in [0.717, 1.165) is 13.2 Å². The molecule has 1 aliphatic heterocycles. The van der Waals surface area contributed by atoms with Gasteiger partial charge in [-0.1, -0.05) is 0 Å². The first-order valence-electron chi connectivity index (χ1n) is 2.08. The number of hydrogen-bond donors (Lipinski definition) is 0. The SMILES string of the molecule is C1CCOC1.Cl.Cl.[LiH].[MgH2]. The Morgan fingerprint density at radius 3 is 1.33 bits per heavy atom. The maximum atomic E-state index is 4.94. The van der Waals surface area contributed by atoms with Gasteiger partial charge in [0.2, 0.25) is 0 Å². The van der Waals surface area contributed by atoms with E-state index in [-0.39, 0.29) is 66.7 Å². The Hall–Kier alpha value is 1.90. The third-order valence-electron chi connectivity index (χ3n) is 0.827. The summed E-state index contributed by atoms with van der Waals surface area (Å²) >= 11 is 0. The van der Waals surface area contributed by atoms with Gasteiger partial charge in [0.05, 0.1) is 0 Å². The van der Waals surface area contributed by atoms with Crippen LogP contribution in [0.1, 0.15) is 12.8 Å². The maximum absolute atomic E-state index is 4.94. The first-order valence-corrected chi connectivity index (χ1v) is 2.08. The zero-order valence-electron chi connectivity index (χ0n) is 4.05. The molecule has 0 amide bonds. The molecule has 0 N–H and O–H groups in total. The molecule has 0 radical (unpaired) electrons. The summed E-state index contributed by atoms with van der Waals surface area (Å²) in [5.74, 6) is 0. The third kappa shape index (κ3) is 13.0. The van der Waals surface area contributed by atoms with Gasteiger partial charge in [0.1, 0.15) is 0 Å². The van der Waals surface area contributed by atoms with E-state index in [9.17, 15) is 0 Å². The minimum Gasteiger partial charge on any atom is 0.316 e. The summed E-state index contributed by atoms with van der Waals surface area (Å²) in [6, 6.07) is 0. The molecule has 1 nitrogen and oxygen atoms in total. The average molecular weight is 179 g/mol. The number of hydrogen-bond acceptors (Lipinski definition) is 1. The molecule has 1 aliphatic rings. The molecule has 0 aromatic heterocycles. The molecule has 0 bridgehead atoms. The summed E-state index contributed by atoms with van der Waals surface area (Å²) in [6.07, 6.45) is 2.56. The van der Waals surface area contributed by atoms with E-state index in [4.69, 9.17) is 4.74 Å². The molecule has 0 saturated carbocycles. The first kappa shape index (κ1) is 22.4. The van der Waals surface area contributed by atoms with Crippen molar-refractivity contribution < 1.29 is 4.74 Å². The van der Waals surface area contributed by atoms with Crippen LogP contribution in [0.25, 0.3) is 0 Å². The second-order valence-corrected chi connectivity index (χ2v) is 1.32. The van der Waals surface area contributed by atoms with Gasteiger partial charge in [-0.15, -0.1) is 24.8 Å². The molecule has 0 aliphatic carbocycles. The first-order chi connectivity index (χ1) is 2.50. The Kier molecular flexibility index (Phi) is 41.1. The molecular weight excluding hydrogens is 166 g/mol. The van der Waals surface area contributed by atoms with Gasteiger partial charge in [-0.05, 0) is 12.8 Å². The fourth-order valence-corrected chi connectivity index (χ4v) is 0.510. The Labute approximate surface area is 96.8 Å². The van der Waals surface area contributed by atoms with E-state index in [1.54, 1.807) is 0 Å². The summed E-state index contributed by atoms with van der Waals surface area (Å²) in [4.78, 5) is 0. The van der Waals surface area contributed by atoms with Crippen molar-refractivity contribution in [2.75, 3.05) is 13.2 Å². The zero-order valence-corrected chi connectivity index (χ0v) is 5.69. The molecule has 1 saturated heterocycles. The van der Waals surface area contributed by atoms with Gasteiger partial charge in [-0.2, -0.15) is 0 Å². The molecule has 5 heteroatoms. The van der Waals surface area contributed by atoms with E-state index >= 15 is 0 Å². The predicted octanol–water partition coefficient (Wildman–Crippen LogP) is 0.0757.